The van der Waals surface area contributed by atoms with E-state index in [0.29, 0.717) is 16.8 Å². The molecule has 0 fully saturated rings. The molecule has 0 saturated carbocycles. The van der Waals surface area contributed by atoms with Crippen LogP contribution in [-0.2, 0) is 13.0 Å². The average molecular weight is 468 g/mol. The Labute approximate surface area is 204 Å². The van der Waals surface area contributed by atoms with Crippen molar-refractivity contribution in [3.05, 3.63) is 87.2 Å². The number of hydrogen-bond donors (Lipinski definition) is 2. The number of nitrogens with zero attached hydrogens (tertiary/aromatic N) is 3. The van der Waals surface area contributed by atoms with Gasteiger partial charge in [0.15, 0.2) is 0 Å². The van der Waals surface area contributed by atoms with E-state index in [-0.39, 0.29) is 24.1 Å². The highest BCUT2D eigenvalue weighted by Crippen LogP contribution is 2.30. The highest BCUT2D eigenvalue weighted by molar-refractivity contribution is 6.08. The van der Waals surface area contributed by atoms with Crippen LogP contribution in [0.1, 0.15) is 66.1 Å². The zero-order valence-corrected chi connectivity index (χ0v) is 20.5. The van der Waals surface area contributed by atoms with Gasteiger partial charge in [-0.25, -0.2) is 4.98 Å². The lowest BCUT2D eigenvalue weighted by Crippen LogP contribution is -2.28. The van der Waals surface area contributed by atoms with E-state index in [1.165, 1.54) is 0 Å². The number of carbonyl (C=O) groups is 1. The first-order chi connectivity index (χ1) is 16.8. The first-order valence-corrected chi connectivity index (χ1v) is 11.8. The standard InChI is InChI=1S/C28H29N5O2/c1-5-6-19-11-18(4)32-28(35)25(19)16-31-27(34)24-12-21(20-7-8-22(14-29)30-15-20)13-26-23(24)9-10-33(26)17(2)3/h7-13,15,17H,5-6,16H2,1-4H3,(H,31,34)(H,32,35). The molecule has 0 aliphatic rings. The molecule has 0 bridgehead atoms. The highest BCUT2D eigenvalue weighted by atomic mass is 16.1. The zero-order chi connectivity index (χ0) is 25.1. The van der Waals surface area contributed by atoms with E-state index in [2.05, 4.69) is 40.6 Å². The summed E-state index contributed by atoms with van der Waals surface area (Å²) >= 11 is 0. The van der Waals surface area contributed by atoms with Gasteiger partial charge in [-0.05, 0) is 74.7 Å². The Morgan fingerprint density at radius 2 is 2.00 bits per heavy atom. The number of aromatic nitrogens is 3. The van der Waals surface area contributed by atoms with Gasteiger partial charge in [-0.2, -0.15) is 5.26 Å². The first kappa shape index (κ1) is 24.0. The number of carbonyl (C=O) groups excluding carboxylic acids is 1. The summed E-state index contributed by atoms with van der Waals surface area (Å²) < 4.78 is 2.12. The minimum absolute atomic E-state index is 0.152. The molecule has 0 aliphatic heterocycles. The maximum atomic E-state index is 13.5. The summed E-state index contributed by atoms with van der Waals surface area (Å²) in [6.07, 6.45) is 5.32. The topological polar surface area (TPSA) is 104 Å². The molecule has 0 atom stereocenters. The van der Waals surface area contributed by atoms with Crippen molar-refractivity contribution in [3.8, 4) is 17.2 Å². The molecule has 0 radical (unpaired) electrons. The SMILES string of the molecule is CCCc1cc(C)[nH]c(=O)c1CNC(=O)c1cc(-c2ccc(C#N)nc2)cc2c1ccn2C(C)C. The van der Waals surface area contributed by atoms with Crippen LogP contribution >= 0.6 is 0 Å². The smallest absolute Gasteiger partial charge is 0.253 e. The molecule has 4 aromatic rings. The fourth-order valence-corrected chi connectivity index (χ4v) is 4.43. The van der Waals surface area contributed by atoms with E-state index >= 15 is 0 Å². The van der Waals surface area contributed by atoms with Crippen molar-refractivity contribution in [2.75, 3.05) is 0 Å². The highest BCUT2D eigenvalue weighted by Gasteiger charge is 2.18. The van der Waals surface area contributed by atoms with E-state index in [9.17, 15) is 9.59 Å². The summed E-state index contributed by atoms with van der Waals surface area (Å²) in [5.41, 5.74) is 5.66. The predicted octanol–water partition coefficient (Wildman–Crippen LogP) is 5.04. The molecule has 3 aromatic heterocycles. The Bertz CT molecular complexity index is 1490. The molecule has 1 aromatic carbocycles. The lowest BCUT2D eigenvalue weighted by Gasteiger charge is -2.14. The normalized spacial score (nSPS) is 11.1. The summed E-state index contributed by atoms with van der Waals surface area (Å²) in [6.45, 7) is 8.27. The molecule has 0 saturated heterocycles. The van der Waals surface area contributed by atoms with Gasteiger partial charge in [0, 0.05) is 58.3 Å². The molecule has 0 spiro atoms. The van der Waals surface area contributed by atoms with Crippen molar-refractivity contribution in [3.63, 3.8) is 0 Å². The minimum atomic E-state index is -0.248. The minimum Gasteiger partial charge on any atom is -0.348 e. The third-order valence-electron chi connectivity index (χ3n) is 6.16. The van der Waals surface area contributed by atoms with Gasteiger partial charge in [-0.15, -0.1) is 0 Å². The second-order valence-electron chi connectivity index (χ2n) is 9.04. The second-order valence-corrected chi connectivity index (χ2v) is 9.04. The van der Waals surface area contributed by atoms with Crippen LogP contribution in [0.4, 0.5) is 0 Å². The summed E-state index contributed by atoms with van der Waals surface area (Å²) in [6, 6.07) is 13.6. The average Bonchev–Trinajstić information content (AvgIpc) is 3.27. The van der Waals surface area contributed by atoms with Gasteiger partial charge in [0.05, 0.1) is 0 Å². The maximum Gasteiger partial charge on any atom is 0.253 e. The largest absolute Gasteiger partial charge is 0.348 e. The maximum absolute atomic E-state index is 13.5. The molecule has 4 rings (SSSR count). The van der Waals surface area contributed by atoms with Gasteiger partial charge in [-0.1, -0.05) is 13.3 Å². The Morgan fingerprint density at radius 1 is 1.20 bits per heavy atom. The van der Waals surface area contributed by atoms with Gasteiger partial charge in [-0.3, -0.25) is 9.59 Å². The summed E-state index contributed by atoms with van der Waals surface area (Å²) in [5, 5.41) is 12.9. The number of H-pyrrole nitrogens is 1. The van der Waals surface area contributed by atoms with E-state index in [1.54, 1.807) is 12.3 Å². The lowest BCUT2D eigenvalue weighted by molar-refractivity contribution is 0.0952. The van der Waals surface area contributed by atoms with Crippen LogP contribution in [0, 0.1) is 18.3 Å². The second kappa shape index (κ2) is 9.98. The lowest BCUT2D eigenvalue weighted by atomic mass is 10.00. The molecule has 1 amide bonds. The summed E-state index contributed by atoms with van der Waals surface area (Å²) in [5.74, 6) is -0.248. The molecule has 7 heteroatoms. The molecule has 0 unspecified atom stereocenters. The number of aryl methyl sites for hydroxylation is 2. The molecule has 35 heavy (non-hydrogen) atoms. The van der Waals surface area contributed by atoms with Crippen molar-refractivity contribution < 1.29 is 4.79 Å². The molecule has 0 aliphatic carbocycles. The van der Waals surface area contributed by atoms with Crippen LogP contribution in [0.2, 0.25) is 0 Å². The monoisotopic (exact) mass is 467 g/mol. The third kappa shape index (κ3) is 4.87. The Balaban J connectivity index is 1.75. The van der Waals surface area contributed by atoms with Crippen LogP contribution in [0.3, 0.4) is 0 Å². The molecule has 178 valence electrons. The van der Waals surface area contributed by atoms with E-state index < -0.39 is 0 Å². The Morgan fingerprint density at radius 3 is 2.66 bits per heavy atom. The fourth-order valence-electron chi connectivity index (χ4n) is 4.43. The van der Waals surface area contributed by atoms with Crippen LogP contribution in [0.15, 0.2) is 53.6 Å². The number of aromatic amines is 1. The van der Waals surface area contributed by atoms with Crippen LogP contribution in [0.25, 0.3) is 22.0 Å². The molecule has 2 N–H and O–H groups in total. The Hall–Kier alpha value is -4.18. The number of nitriles is 1. The van der Waals surface area contributed by atoms with E-state index in [0.717, 1.165) is 46.1 Å². The van der Waals surface area contributed by atoms with Gasteiger partial charge >= 0.3 is 0 Å². The van der Waals surface area contributed by atoms with Crippen molar-refractivity contribution in [2.24, 2.45) is 0 Å². The third-order valence-corrected chi connectivity index (χ3v) is 6.16. The number of hydrogen-bond acceptors (Lipinski definition) is 4. The Kier molecular flexibility index (Phi) is 6.83. The van der Waals surface area contributed by atoms with Gasteiger partial charge in [0.25, 0.3) is 11.5 Å². The number of pyridine rings is 2. The van der Waals surface area contributed by atoms with Crippen molar-refractivity contribution in [2.45, 2.75) is 53.1 Å². The van der Waals surface area contributed by atoms with Crippen molar-refractivity contribution in [1.82, 2.24) is 19.9 Å². The molecule has 3 heterocycles. The van der Waals surface area contributed by atoms with Gasteiger partial charge < -0.3 is 14.9 Å². The number of nitrogens with one attached hydrogen (secondary N) is 2. The zero-order valence-electron chi connectivity index (χ0n) is 20.5. The van der Waals surface area contributed by atoms with Gasteiger partial charge in [0.2, 0.25) is 0 Å². The van der Waals surface area contributed by atoms with Crippen LogP contribution < -0.4 is 10.9 Å². The quantitative estimate of drug-likeness (QED) is 0.398. The molecular weight excluding hydrogens is 438 g/mol. The number of benzene rings is 1. The van der Waals surface area contributed by atoms with E-state index in [4.69, 9.17) is 5.26 Å². The molecule has 7 nitrogen and oxygen atoms in total. The van der Waals surface area contributed by atoms with E-state index in [1.807, 2.05) is 49.5 Å². The predicted molar refractivity (Wildman–Crippen MR) is 137 cm³/mol. The molecular formula is C28H29N5O2. The number of rotatable bonds is 7. The van der Waals surface area contributed by atoms with Crippen molar-refractivity contribution in [1.29, 1.82) is 5.26 Å². The summed E-state index contributed by atoms with van der Waals surface area (Å²) in [4.78, 5) is 33.1. The summed E-state index contributed by atoms with van der Waals surface area (Å²) in [7, 11) is 0. The first-order valence-electron chi connectivity index (χ1n) is 11.8. The fraction of sp³-hybridized carbons (Fsp3) is 0.286. The number of amides is 1. The van der Waals surface area contributed by atoms with Crippen LogP contribution in [-0.4, -0.2) is 20.4 Å². The van der Waals surface area contributed by atoms with Gasteiger partial charge in [0.1, 0.15) is 11.8 Å². The van der Waals surface area contributed by atoms with Crippen molar-refractivity contribution >= 4 is 16.8 Å². The van der Waals surface area contributed by atoms with Crippen LogP contribution in [0.5, 0.6) is 0 Å². The number of fused-ring (bicyclic) bond motifs is 1.